The maximum atomic E-state index is 13.2. The van der Waals surface area contributed by atoms with Crippen LogP contribution in [0.1, 0.15) is 12.8 Å². The molecular weight excluding hydrogens is 409 g/mol. The molecule has 1 aliphatic heterocycles. The van der Waals surface area contributed by atoms with E-state index in [1.807, 2.05) is 4.90 Å². The van der Waals surface area contributed by atoms with E-state index in [2.05, 4.69) is 10.4 Å². The fourth-order valence-electron chi connectivity index (χ4n) is 3.60. The molecule has 1 saturated heterocycles. The normalized spacial score (nSPS) is 15.4. The first-order chi connectivity index (χ1) is 14.4. The van der Waals surface area contributed by atoms with Crippen molar-refractivity contribution in [3.8, 4) is 11.1 Å². The summed E-state index contributed by atoms with van der Waals surface area (Å²) in [5.41, 5.74) is 8.85. The first-order valence-corrected chi connectivity index (χ1v) is 10.4. The molecule has 0 bridgehead atoms. The Labute approximate surface area is 175 Å². The number of thiophene rings is 1. The van der Waals surface area contributed by atoms with E-state index in [-0.39, 0.29) is 30.1 Å². The van der Waals surface area contributed by atoms with Gasteiger partial charge in [-0.05, 0) is 43.6 Å². The summed E-state index contributed by atoms with van der Waals surface area (Å²) in [7, 11) is 0. The molecule has 3 N–H and O–H groups in total. The van der Waals surface area contributed by atoms with E-state index >= 15 is 0 Å². The van der Waals surface area contributed by atoms with Crippen LogP contribution in [0.3, 0.4) is 0 Å². The second-order valence-electron chi connectivity index (χ2n) is 7.24. The Hall–Kier alpha value is -3.11. The number of piperidine rings is 1. The number of aromatic nitrogens is 2. The molecule has 2 aromatic heterocycles. The quantitative estimate of drug-likeness (QED) is 0.639. The van der Waals surface area contributed by atoms with Crippen LogP contribution in [0.4, 0.5) is 4.39 Å². The van der Waals surface area contributed by atoms with E-state index in [1.54, 1.807) is 17.5 Å². The van der Waals surface area contributed by atoms with Crippen molar-refractivity contribution in [2.45, 2.75) is 12.8 Å². The average molecular weight is 429 g/mol. The lowest BCUT2D eigenvalue weighted by molar-refractivity contribution is -0.123. The molecule has 10 heteroatoms. The molecule has 0 atom stereocenters. The van der Waals surface area contributed by atoms with Gasteiger partial charge in [-0.2, -0.15) is 0 Å². The Kier molecular flexibility index (Phi) is 5.60. The highest BCUT2D eigenvalue weighted by Gasteiger charge is 2.24. The number of hydrogen-bond acceptors (Lipinski definition) is 6. The summed E-state index contributed by atoms with van der Waals surface area (Å²) in [6.45, 7) is 1.28. The Morgan fingerprint density at radius 2 is 1.93 bits per heavy atom. The number of primary amides is 1. The van der Waals surface area contributed by atoms with E-state index in [4.69, 9.17) is 5.73 Å². The van der Waals surface area contributed by atoms with Crippen molar-refractivity contribution in [3.63, 3.8) is 0 Å². The average Bonchev–Trinajstić information content (AvgIpc) is 3.16. The van der Waals surface area contributed by atoms with Crippen molar-refractivity contribution in [1.29, 1.82) is 0 Å². The fraction of sp³-hybridized carbons (Fsp3) is 0.300. The van der Waals surface area contributed by atoms with Crippen LogP contribution < -0.4 is 16.7 Å². The van der Waals surface area contributed by atoms with Crippen LogP contribution in [0.2, 0.25) is 0 Å². The number of hydrogen-bond donors (Lipinski definition) is 2. The summed E-state index contributed by atoms with van der Waals surface area (Å²) < 4.78 is 14.3. The number of carbonyl (C=O) groups is 2. The van der Waals surface area contributed by atoms with Gasteiger partial charge in [0.1, 0.15) is 17.0 Å². The molecule has 1 aromatic carbocycles. The Morgan fingerprint density at radius 3 is 2.60 bits per heavy atom. The number of fused-ring (bicyclic) bond motifs is 1. The summed E-state index contributed by atoms with van der Waals surface area (Å²) in [4.78, 5) is 43.4. The zero-order valence-electron chi connectivity index (χ0n) is 16.0. The van der Waals surface area contributed by atoms with Crippen molar-refractivity contribution in [2.75, 3.05) is 25.1 Å². The Balaban J connectivity index is 1.51. The summed E-state index contributed by atoms with van der Waals surface area (Å²) >= 11 is 1.31. The van der Waals surface area contributed by atoms with E-state index in [9.17, 15) is 18.8 Å². The van der Waals surface area contributed by atoms with Crippen LogP contribution in [0.5, 0.6) is 0 Å². The van der Waals surface area contributed by atoms with Crippen molar-refractivity contribution in [2.24, 2.45) is 11.7 Å². The van der Waals surface area contributed by atoms with Crippen LogP contribution in [-0.4, -0.2) is 46.0 Å². The number of nitrogens with one attached hydrogen (secondary N) is 1. The van der Waals surface area contributed by atoms with Gasteiger partial charge < -0.3 is 5.73 Å². The topological polar surface area (TPSA) is 110 Å². The van der Waals surface area contributed by atoms with Gasteiger partial charge in [0.25, 0.3) is 11.5 Å². The molecule has 0 unspecified atom stereocenters. The predicted molar refractivity (Wildman–Crippen MR) is 112 cm³/mol. The van der Waals surface area contributed by atoms with Crippen LogP contribution in [0, 0.1) is 11.7 Å². The van der Waals surface area contributed by atoms with Crippen molar-refractivity contribution in [3.05, 3.63) is 52.1 Å². The smallest absolute Gasteiger partial charge is 0.281 e. The molecule has 0 radical (unpaired) electrons. The molecule has 8 nitrogen and oxygen atoms in total. The lowest BCUT2D eigenvalue weighted by atomic mass is 9.96. The van der Waals surface area contributed by atoms with Crippen molar-refractivity contribution >= 4 is 33.4 Å². The molecule has 0 aliphatic carbocycles. The maximum Gasteiger partial charge on any atom is 0.281 e. The predicted octanol–water partition coefficient (Wildman–Crippen LogP) is 1.53. The summed E-state index contributed by atoms with van der Waals surface area (Å²) in [5.74, 6) is -1.17. The minimum Gasteiger partial charge on any atom is -0.369 e. The molecule has 4 rings (SSSR count). The van der Waals surface area contributed by atoms with E-state index in [0.29, 0.717) is 47.3 Å². The molecule has 0 saturated carbocycles. The molecule has 1 aliphatic rings. The lowest BCUT2D eigenvalue weighted by Crippen LogP contribution is -2.44. The van der Waals surface area contributed by atoms with Gasteiger partial charge in [0, 0.05) is 16.9 Å². The standard InChI is InChI=1S/C20H20FN5O3S/c21-14-3-1-12(2-4-14)15-10-30-19-17(15)20(29)26(11-23-19)24-16(27)9-25-7-5-13(6-8-25)18(22)28/h1-4,10-11,13H,5-9H2,(H2,22,28)(H,24,27). The highest BCUT2D eigenvalue weighted by atomic mass is 32.1. The van der Waals surface area contributed by atoms with Crippen molar-refractivity contribution < 1.29 is 14.0 Å². The zero-order chi connectivity index (χ0) is 21.3. The first kappa shape index (κ1) is 20.2. The third kappa shape index (κ3) is 4.10. The largest absolute Gasteiger partial charge is 0.369 e. The van der Waals surface area contributed by atoms with Crippen molar-refractivity contribution in [1.82, 2.24) is 14.6 Å². The monoisotopic (exact) mass is 429 g/mol. The summed E-state index contributed by atoms with van der Waals surface area (Å²) in [6.07, 6.45) is 2.52. The number of nitrogens with zero attached hydrogens (tertiary/aromatic N) is 3. The van der Waals surface area contributed by atoms with Gasteiger partial charge in [-0.15, -0.1) is 11.3 Å². The minimum atomic E-state index is -0.402. The molecule has 2 amide bonds. The highest BCUT2D eigenvalue weighted by Crippen LogP contribution is 2.30. The number of carbonyl (C=O) groups excluding carboxylic acids is 2. The number of halogens is 1. The van der Waals surface area contributed by atoms with Crippen LogP contribution in [0.15, 0.2) is 40.8 Å². The third-order valence-corrected chi connectivity index (χ3v) is 6.14. The van der Waals surface area contributed by atoms with Gasteiger partial charge in [-0.25, -0.2) is 14.1 Å². The zero-order valence-corrected chi connectivity index (χ0v) is 16.8. The molecule has 3 heterocycles. The van der Waals surface area contributed by atoms with Crippen LogP contribution in [-0.2, 0) is 9.59 Å². The van der Waals surface area contributed by atoms with Gasteiger partial charge in [-0.1, -0.05) is 12.1 Å². The van der Waals surface area contributed by atoms with E-state index < -0.39 is 5.56 Å². The minimum absolute atomic E-state index is 0.102. The summed E-state index contributed by atoms with van der Waals surface area (Å²) in [6, 6.07) is 5.86. The van der Waals surface area contributed by atoms with Crippen LogP contribution >= 0.6 is 11.3 Å². The highest BCUT2D eigenvalue weighted by molar-refractivity contribution is 7.17. The molecular formula is C20H20FN5O3S. The number of nitrogens with two attached hydrogens (primary N) is 1. The first-order valence-electron chi connectivity index (χ1n) is 9.48. The summed E-state index contributed by atoms with van der Waals surface area (Å²) in [5, 5.41) is 2.16. The molecule has 0 spiro atoms. The SMILES string of the molecule is NC(=O)C1CCN(CC(=O)Nn2cnc3scc(-c4ccc(F)cc4)c3c2=O)CC1. The number of likely N-dealkylation sites (tertiary alicyclic amines) is 1. The molecule has 1 fully saturated rings. The van der Waals surface area contributed by atoms with Gasteiger partial charge in [0.05, 0.1) is 11.9 Å². The lowest BCUT2D eigenvalue weighted by Gasteiger charge is -2.29. The Bertz CT molecular complexity index is 1150. The van der Waals surface area contributed by atoms with Gasteiger partial charge in [0.2, 0.25) is 5.91 Å². The third-order valence-electron chi connectivity index (χ3n) is 5.25. The number of amides is 2. The number of rotatable bonds is 5. The molecule has 156 valence electrons. The van der Waals surface area contributed by atoms with E-state index in [0.717, 1.165) is 4.68 Å². The second kappa shape index (κ2) is 8.33. The van der Waals surface area contributed by atoms with Gasteiger partial charge in [0.15, 0.2) is 0 Å². The maximum absolute atomic E-state index is 13.2. The second-order valence-corrected chi connectivity index (χ2v) is 8.10. The number of benzene rings is 1. The van der Waals surface area contributed by atoms with E-state index in [1.165, 1.54) is 29.8 Å². The van der Waals surface area contributed by atoms with Crippen LogP contribution in [0.25, 0.3) is 21.3 Å². The Morgan fingerprint density at radius 1 is 1.23 bits per heavy atom. The van der Waals surface area contributed by atoms with Gasteiger partial charge >= 0.3 is 0 Å². The molecule has 3 aromatic rings. The molecule has 30 heavy (non-hydrogen) atoms. The van der Waals surface area contributed by atoms with Gasteiger partial charge in [-0.3, -0.25) is 24.7 Å². The fourth-order valence-corrected chi connectivity index (χ4v) is 4.51.